The number of nitrogen functional groups attached to an aromatic ring is 1. The minimum absolute atomic E-state index is 0.0343. The topological polar surface area (TPSA) is 84.5 Å². The van der Waals surface area contributed by atoms with Crippen LogP contribution in [0, 0.1) is 0 Å². The van der Waals surface area contributed by atoms with E-state index in [4.69, 9.17) is 5.73 Å². The number of hydrogen-bond acceptors (Lipinski definition) is 4. The van der Waals surface area contributed by atoms with Crippen molar-refractivity contribution in [2.75, 3.05) is 32.4 Å². The van der Waals surface area contributed by atoms with Gasteiger partial charge in [-0.25, -0.2) is 0 Å². The van der Waals surface area contributed by atoms with Gasteiger partial charge >= 0.3 is 0 Å². The van der Waals surface area contributed by atoms with Crippen LogP contribution < -0.4 is 5.73 Å². The normalized spacial score (nSPS) is 10.5. The van der Waals surface area contributed by atoms with Crippen molar-refractivity contribution in [2.24, 2.45) is 7.05 Å². The Hall–Kier alpha value is -2.05. The largest absolute Gasteiger partial charge is 0.395 e. The molecular weight excluding hydrogens is 270 g/mol. The van der Waals surface area contributed by atoms with Gasteiger partial charge in [0.15, 0.2) is 0 Å². The third-order valence-electron chi connectivity index (χ3n) is 3.53. The average molecular weight is 295 g/mol. The predicted octanol–water partition coefficient (Wildman–Crippen LogP) is 0.505. The van der Waals surface area contributed by atoms with Crippen LogP contribution >= 0.6 is 0 Å². The highest BCUT2D eigenvalue weighted by atomic mass is 16.2. The quantitative estimate of drug-likeness (QED) is 0.828. The van der Waals surface area contributed by atoms with Gasteiger partial charge in [0, 0.05) is 27.2 Å². The maximum absolute atomic E-state index is 12.5. The van der Waals surface area contributed by atoms with Gasteiger partial charge in [0.05, 0.1) is 17.9 Å². The minimum atomic E-state index is -0.289. The lowest BCUT2D eigenvalue weighted by atomic mass is 10.2. The van der Waals surface area contributed by atoms with E-state index in [0.29, 0.717) is 36.6 Å². The van der Waals surface area contributed by atoms with Crippen LogP contribution in [-0.2, 0) is 18.3 Å². The maximum Gasteiger partial charge on any atom is 0.274 e. The molecule has 7 heteroatoms. The molecular formula is C14H25N5O2. The van der Waals surface area contributed by atoms with Crippen molar-refractivity contribution in [3.8, 4) is 0 Å². The Balaban J connectivity index is 2.89. The van der Waals surface area contributed by atoms with Gasteiger partial charge in [-0.05, 0) is 20.3 Å². The summed E-state index contributed by atoms with van der Waals surface area (Å²) in [7, 11) is 3.28. The molecule has 0 aromatic carbocycles. The number of carbonyl (C=O) groups excluding carboxylic acids is 2. The summed E-state index contributed by atoms with van der Waals surface area (Å²) in [5, 5.41) is 4.23. The third kappa shape index (κ3) is 3.53. The van der Waals surface area contributed by atoms with Crippen molar-refractivity contribution in [3.05, 3.63) is 11.4 Å². The van der Waals surface area contributed by atoms with E-state index < -0.39 is 0 Å². The molecule has 0 spiro atoms. The summed E-state index contributed by atoms with van der Waals surface area (Å²) < 4.78 is 1.48. The number of nitrogens with zero attached hydrogens (tertiary/aromatic N) is 4. The van der Waals surface area contributed by atoms with Crippen LogP contribution in [-0.4, -0.2) is 58.1 Å². The van der Waals surface area contributed by atoms with Crippen LogP contribution in [0.15, 0.2) is 0 Å². The number of nitrogens with two attached hydrogens (primary N) is 1. The lowest BCUT2D eigenvalue weighted by Crippen LogP contribution is -2.41. The molecule has 0 aliphatic rings. The number of anilines is 1. The van der Waals surface area contributed by atoms with E-state index in [2.05, 4.69) is 5.10 Å². The third-order valence-corrected chi connectivity index (χ3v) is 3.53. The smallest absolute Gasteiger partial charge is 0.274 e. The number of likely N-dealkylation sites (N-methyl/N-ethyl adjacent to an activating group) is 2. The molecule has 1 aromatic heterocycles. The van der Waals surface area contributed by atoms with E-state index in [1.165, 1.54) is 9.58 Å². The summed E-state index contributed by atoms with van der Waals surface area (Å²) in [6, 6.07) is 0. The zero-order chi connectivity index (χ0) is 16.2. The number of hydrogen-bond donors (Lipinski definition) is 1. The Morgan fingerprint density at radius 2 is 1.81 bits per heavy atom. The van der Waals surface area contributed by atoms with Crippen molar-refractivity contribution >= 4 is 17.5 Å². The zero-order valence-electron chi connectivity index (χ0n) is 13.5. The SMILES string of the molecule is CCc1nn(C)c(C(=O)N(C)CC(=O)N(CC)CC)c1N. The Kier molecular flexibility index (Phi) is 5.75. The standard InChI is InChI=1S/C14H25N5O2/c1-6-10-12(15)13(18(5)16-10)14(21)17(4)9-11(20)19(7-2)8-3/h6-9,15H2,1-5H3. The van der Waals surface area contributed by atoms with Gasteiger partial charge < -0.3 is 15.5 Å². The summed E-state index contributed by atoms with van der Waals surface area (Å²) in [5.41, 5.74) is 7.40. The minimum Gasteiger partial charge on any atom is -0.395 e. The van der Waals surface area contributed by atoms with E-state index in [1.807, 2.05) is 20.8 Å². The molecule has 1 heterocycles. The molecule has 0 unspecified atom stereocenters. The van der Waals surface area contributed by atoms with Crippen molar-refractivity contribution in [2.45, 2.75) is 27.2 Å². The van der Waals surface area contributed by atoms with Crippen LogP contribution in [0.25, 0.3) is 0 Å². The molecule has 7 nitrogen and oxygen atoms in total. The predicted molar refractivity (Wildman–Crippen MR) is 81.9 cm³/mol. The molecule has 1 rings (SSSR count). The van der Waals surface area contributed by atoms with Gasteiger partial charge in [0.25, 0.3) is 5.91 Å². The van der Waals surface area contributed by atoms with Gasteiger partial charge in [-0.2, -0.15) is 5.10 Å². The molecule has 118 valence electrons. The summed E-state index contributed by atoms with van der Waals surface area (Å²) in [5.74, 6) is -0.366. The molecule has 0 bridgehead atoms. The summed E-state index contributed by atoms with van der Waals surface area (Å²) >= 11 is 0. The Morgan fingerprint density at radius 1 is 1.24 bits per heavy atom. The second-order valence-corrected chi connectivity index (χ2v) is 4.91. The first-order valence-electron chi connectivity index (χ1n) is 7.21. The molecule has 2 amide bonds. The van der Waals surface area contributed by atoms with E-state index in [0.717, 1.165) is 0 Å². The molecule has 0 aliphatic carbocycles. The number of aryl methyl sites for hydroxylation is 2. The van der Waals surface area contributed by atoms with E-state index >= 15 is 0 Å². The Bertz CT molecular complexity index is 520. The molecule has 0 saturated carbocycles. The number of rotatable bonds is 6. The second kappa shape index (κ2) is 7.10. The Morgan fingerprint density at radius 3 is 2.24 bits per heavy atom. The molecule has 0 saturated heterocycles. The summed E-state index contributed by atoms with van der Waals surface area (Å²) in [4.78, 5) is 27.6. The van der Waals surface area contributed by atoms with Crippen molar-refractivity contribution in [1.29, 1.82) is 0 Å². The molecule has 0 radical (unpaired) electrons. The highest BCUT2D eigenvalue weighted by Gasteiger charge is 2.24. The molecule has 0 fully saturated rings. The van der Waals surface area contributed by atoms with Crippen LogP contribution in [0.1, 0.15) is 37.0 Å². The van der Waals surface area contributed by atoms with Crippen LogP contribution in [0.5, 0.6) is 0 Å². The number of amides is 2. The van der Waals surface area contributed by atoms with Gasteiger partial charge in [-0.1, -0.05) is 6.92 Å². The maximum atomic E-state index is 12.5. The van der Waals surface area contributed by atoms with Crippen molar-refractivity contribution in [1.82, 2.24) is 19.6 Å². The molecule has 0 atom stereocenters. The van der Waals surface area contributed by atoms with Crippen molar-refractivity contribution < 1.29 is 9.59 Å². The fraction of sp³-hybridized carbons (Fsp3) is 0.643. The molecule has 2 N–H and O–H groups in total. The van der Waals surface area contributed by atoms with Gasteiger partial charge in [-0.15, -0.1) is 0 Å². The first-order chi connectivity index (χ1) is 9.87. The summed E-state index contributed by atoms with van der Waals surface area (Å²) in [6.07, 6.45) is 0.662. The number of carbonyl (C=O) groups is 2. The van der Waals surface area contributed by atoms with Gasteiger partial charge in [0.1, 0.15) is 5.69 Å². The van der Waals surface area contributed by atoms with Crippen molar-refractivity contribution in [3.63, 3.8) is 0 Å². The first-order valence-corrected chi connectivity index (χ1v) is 7.21. The molecule has 1 aromatic rings. The fourth-order valence-electron chi connectivity index (χ4n) is 2.24. The van der Waals surface area contributed by atoms with Crippen LogP contribution in [0.4, 0.5) is 5.69 Å². The average Bonchev–Trinajstić information content (AvgIpc) is 2.73. The Labute approximate surface area is 125 Å². The zero-order valence-corrected chi connectivity index (χ0v) is 13.5. The van der Waals surface area contributed by atoms with Gasteiger partial charge in [-0.3, -0.25) is 14.3 Å². The van der Waals surface area contributed by atoms with Gasteiger partial charge in [0.2, 0.25) is 5.91 Å². The second-order valence-electron chi connectivity index (χ2n) is 4.91. The van der Waals surface area contributed by atoms with E-state index in [1.54, 1.807) is 19.0 Å². The summed E-state index contributed by atoms with van der Waals surface area (Å²) in [6.45, 7) is 7.05. The molecule has 0 aliphatic heterocycles. The van der Waals surface area contributed by atoms with E-state index in [9.17, 15) is 9.59 Å². The lowest BCUT2D eigenvalue weighted by Gasteiger charge is -2.23. The fourth-order valence-corrected chi connectivity index (χ4v) is 2.24. The van der Waals surface area contributed by atoms with E-state index in [-0.39, 0.29) is 18.4 Å². The number of aromatic nitrogens is 2. The highest BCUT2D eigenvalue weighted by Crippen LogP contribution is 2.18. The molecule has 21 heavy (non-hydrogen) atoms. The monoisotopic (exact) mass is 295 g/mol. The van der Waals surface area contributed by atoms with Crippen LogP contribution in [0.3, 0.4) is 0 Å². The lowest BCUT2D eigenvalue weighted by molar-refractivity contribution is -0.131. The highest BCUT2D eigenvalue weighted by molar-refractivity contribution is 5.99. The van der Waals surface area contributed by atoms with Crippen LogP contribution in [0.2, 0.25) is 0 Å². The first kappa shape index (κ1) is 17.0.